The van der Waals surface area contributed by atoms with E-state index in [1.54, 1.807) is 11.8 Å². The van der Waals surface area contributed by atoms with E-state index in [-0.39, 0.29) is 58.8 Å². The molecular weight excluding hydrogens is 1420 g/mol. The molecule has 6 rings (SSSR count). The van der Waals surface area contributed by atoms with Crippen LogP contribution in [0.4, 0.5) is 0 Å². The van der Waals surface area contributed by atoms with Crippen molar-refractivity contribution in [3.05, 3.63) is 103 Å². The minimum absolute atomic E-state index is 0.0282. The first-order valence-corrected chi connectivity index (χ1v) is 34.3. The number of rotatable bonds is 37. The van der Waals surface area contributed by atoms with Crippen molar-refractivity contribution in [2.45, 2.75) is 138 Å². The monoisotopic (exact) mass is 1520 g/mol. The summed E-state index contributed by atoms with van der Waals surface area (Å²) in [7, 11) is 17.5. The lowest BCUT2D eigenvalue weighted by molar-refractivity contribution is -0.873. The van der Waals surface area contributed by atoms with Gasteiger partial charge in [-0.2, -0.15) is 0 Å². The number of carbonyl (C=O) groups is 3. The third-order valence-corrected chi connectivity index (χ3v) is 18.5. The molecule has 3 unspecified atom stereocenters. The Labute approximate surface area is 578 Å². The Bertz CT molecular complexity index is 2850. The number of carboxylic acid groups (broad SMARTS) is 3. The molecule has 28 heteroatoms. The molecule has 94 heavy (non-hydrogen) atoms. The van der Waals surface area contributed by atoms with E-state index in [0.717, 1.165) is 30.1 Å². The molecule has 0 aromatic heterocycles. The van der Waals surface area contributed by atoms with Crippen LogP contribution in [0.25, 0.3) is 0 Å². The van der Waals surface area contributed by atoms with Crippen LogP contribution in [-0.4, -0.2) is 332 Å². The zero-order chi connectivity index (χ0) is 69.6. The smallest absolute Gasteiger partial charge is 0.329 e. The highest BCUT2D eigenvalue weighted by molar-refractivity contribution is 9.11. The first-order chi connectivity index (χ1) is 43.9. The van der Waals surface area contributed by atoms with Crippen molar-refractivity contribution in [2.75, 3.05) is 142 Å². The van der Waals surface area contributed by atoms with Gasteiger partial charge in [0.1, 0.15) is 94.4 Å². The van der Waals surface area contributed by atoms with E-state index in [2.05, 4.69) is 47.8 Å². The van der Waals surface area contributed by atoms with Gasteiger partial charge in [-0.05, 0) is 78.3 Å². The van der Waals surface area contributed by atoms with Crippen molar-refractivity contribution in [3.63, 3.8) is 0 Å². The summed E-state index contributed by atoms with van der Waals surface area (Å²) in [5, 5.41) is 106. The van der Waals surface area contributed by atoms with Gasteiger partial charge in [-0.15, -0.1) is 0 Å². The lowest BCUT2D eigenvalue weighted by Gasteiger charge is -2.54. The fourth-order valence-electron chi connectivity index (χ4n) is 13.5. The first-order valence-electron chi connectivity index (χ1n) is 31.9. The number of halogens is 3. The van der Waals surface area contributed by atoms with Gasteiger partial charge in [-0.25, -0.2) is 14.4 Å². The number of hydrogen-bond acceptors (Lipinski definition) is 19. The van der Waals surface area contributed by atoms with Gasteiger partial charge in [0, 0.05) is 52.7 Å². The molecule has 0 spiro atoms. The summed E-state index contributed by atoms with van der Waals surface area (Å²) in [6.07, 6.45) is -16.6. The van der Waals surface area contributed by atoms with Crippen LogP contribution in [0.3, 0.4) is 0 Å². The molecule has 2 aliphatic heterocycles. The van der Waals surface area contributed by atoms with Crippen molar-refractivity contribution in [1.29, 1.82) is 0 Å². The van der Waals surface area contributed by atoms with Gasteiger partial charge in [0.15, 0.2) is 6.29 Å². The lowest BCUT2D eigenvalue weighted by Crippen LogP contribution is -2.70. The molecule has 3 aliphatic rings. The normalized spacial score (nSPS) is 28.2. The number of hydrogen-bond donors (Lipinski definition) is 9. The SMILES string of the molecule is C[C@@H]1[C@@H](COCC(=O)O)C[C@@H](O[C@H]2[C@H](O)[C@@H](N(Cc3cccc(Br)c3)CC(O)C[N+](C)(C)C)[C@H](O[C@H]3[C@H](O)[C@@H](N(Cc4cccc(Br)c4)CC(O)C[N+](C)(C)C)[C@H](C)O[C@@H]3COCC(=O)O)O[C@@H]2COCC(=O)O)[C@H](N(Cc2cccc(Br)c2)CC(O)C[N+](C)(C)C)[C@H]1O. The van der Waals surface area contributed by atoms with E-state index in [0.29, 0.717) is 26.5 Å². The summed E-state index contributed by atoms with van der Waals surface area (Å²) in [6.45, 7) is 1.61. The predicted molar refractivity (Wildman–Crippen MR) is 359 cm³/mol. The summed E-state index contributed by atoms with van der Waals surface area (Å²) in [5.41, 5.74) is 2.37. The molecular formula is C66H104Br3N6O19+3. The maximum absolute atomic E-state index is 13.9. The Balaban J connectivity index is 1.57. The molecule has 3 aromatic rings. The highest BCUT2D eigenvalue weighted by Crippen LogP contribution is 2.41. The number of carboxylic acids is 3. The van der Waals surface area contributed by atoms with Crippen LogP contribution in [0.15, 0.2) is 86.2 Å². The minimum atomic E-state index is -1.75. The Kier molecular flexibility index (Phi) is 30.7. The number of likely N-dealkylation sites (N-methyl/N-ethyl adjacent to an activating group) is 3. The highest BCUT2D eigenvalue weighted by atomic mass is 79.9. The van der Waals surface area contributed by atoms with Crippen molar-refractivity contribution >= 4 is 65.7 Å². The molecule has 0 radical (unpaired) electrons. The quantitative estimate of drug-likeness (QED) is 0.0375. The summed E-state index contributed by atoms with van der Waals surface area (Å²) in [5.74, 6) is -4.88. The number of quaternary nitrogens is 3. The predicted octanol–water partition coefficient (Wildman–Crippen LogP) is 2.78. The molecule has 18 atom stereocenters. The molecule has 530 valence electrons. The second kappa shape index (κ2) is 36.2. The van der Waals surface area contributed by atoms with Gasteiger partial charge in [-0.1, -0.05) is 91.1 Å². The molecule has 2 heterocycles. The molecule has 1 saturated carbocycles. The van der Waals surface area contributed by atoms with Gasteiger partial charge < -0.3 is 92.6 Å². The summed E-state index contributed by atoms with van der Waals surface area (Å²) >= 11 is 10.8. The fourth-order valence-corrected chi connectivity index (χ4v) is 14.8. The Hall–Kier alpha value is -3.25. The lowest BCUT2D eigenvalue weighted by atomic mass is 9.73. The maximum Gasteiger partial charge on any atom is 0.329 e. The second-order valence-electron chi connectivity index (χ2n) is 28.7. The van der Waals surface area contributed by atoms with Gasteiger partial charge in [0.05, 0.1) is 120 Å². The topological polar surface area (TPSA) is 308 Å². The summed E-state index contributed by atoms with van der Waals surface area (Å²) in [6, 6.07) is 19.3. The molecule has 25 nitrogen and oxygen atoms in total. The third-order valence-electron chi connectivity index (χ3n) is 17.0. The minimum Gasteiger partial charge on any atom is -0.480 e. The van der Waals surface area contributed by atoms with Gasteiger partial charge in [0.2, 0.25) is 0 Å². The first kappa shape index (κ1) is 79.7. The number of nitrogens with zero attached hydrogens (tertiary/aromatic N) is 6. The number of ether oxygens (including phenoxy) is 7. The van der Waals surface area contributed by atoms with E-state index in [4.69, 9.17) is 33.2 Å². The summed E-state index contributed by atoms with van der Waals surface area (Å²) in [4.78, 5) is 41.9. The number of benzene rings is 3. The molecule has 2 saturated heterocycles. The Morgan fingerprint density at radius 2 is 0.883 bits per heavy atom. The second-order valence-corrected chi connectivity index (χ2v) is 31.5. The summed E-state index contributed by atoms with van der Waals surface area (Å²) < 4.78 is 49.5. The molecule has 0 amide bonds. The van der Waals surface area contributed by atoms with Gasteiger partial charge in [-0.3, -0.25) is 14.7 Å². The highest BCUT2D eigenvalue weighted by Gasteiger charge is 2.56. The molecule has 3 fully saturated rings. The van der Waals surface area contributed by atoms with Crippen LogP contribution in [-0.2, 0) is 67.2 Å². The van der Waals surface area contributed by atoms with E-state index in [1.165, 1.54) is 0 Å². The maximum atomic E-state index is 13.9. The van der Waals surface area contributed by atoms with E-state index in [9.17, 15) is 60.3 Å². The van der Waals surface area contributed by atoms with Crippen LogP contribution in [0.1, 0.15) is 37.0 Å². The molecule has 9 N–H and O–H groups in total. The van der Waals surface area contributed by atoms with Crippen LogP contribution in [0, 0.1) is 11.8 Å². The number of aliphatic hydroxyl groups is 6. The number of aliphatic carboxylic acids is 3. The van der Waals surface area contributed by atoms with Crippen LogP contribution in [0.5, 0.6) is 0 Å². The largest absolute Gasteiger partial charge is 0.480 e. The van der Waals surface area contributed by atoms with Crippen molar-refractivity contribution in [3.8, 4) is 0 Å². The van der Waals surface area contributed by atoms with Crippen LogP contribution in [0.2, 0.25) is 0 Å². The zero-order valence-electron chi connectivity index (χ0n) is 56.1. The average Bonchev–Trinajstić information content (AvgIpc) is 0.767. The van der Waals surface area contributed by atoms with Gasteiger partial charge in [0.25, 0.3) is 0 Å². The van der Waals surface area contributed by atoms with Crippen LogP contribution < -0.4 is 0 Å². The van der Waals surface area contributed by atoms with Crippen LogP contribution >= 0.6 is 47.8 Å². The molecule has 3 aromatic carbocycles. The van der Waals surface area contributed by atoms with Gasteiger partial charge >= 0.3 is 17.9 Å². The van der Waals surface area contributed by atoms with E-state index < -0.39 is 160 Å². The standard InChI is InChI=1S/C66H101Br3N6O19/c1-40-45(34-88-37-55(79)80)24-52(59(61(40)85)71(29-50(77)32-74(6,7)8)26-43-16-13-19-47(68)22-43)92-64-54(36-90-39-57(83)84)93-66(60(63(64)87)72(30-51(78)33-75(9,10)11)27-44-17-14-20-48(69)23-44)94-65-53(35-89-38-56(81)82)91-41(2)58(62(65)86)70(28-49(76)31-73(3,4)5)25-42-15-12-18-46(67)21-42/h12-23,40-41,45,49-54,58-66,76-78,85-87H,24-39H2,1-11H3/p+3/t40-,41+,45-,49?,50?,51?,52-,53-,54-,58+,59+,60-,61+,62-,63-,64-,65-,66+/m1/s1. The fraction of sp³-hybridized carbons (Fsp3) is 0.682. The Morgan fingerprint density at radius 1 is 0.521 bits per heavy atom. The Morgan fingerprint density at radius 3 is 1.28 bits per heavy atom. The van der Waals surface area contributed by atoms with E-state index in [1.807, 2.05) is 153 Å². The van der Waals surface area contributed by atoms with Crippen molar-refractivity contribution in [2.24, 2.45) is 11.8 Å². The van der Waals surface area contributed by atoms with Crippen molar-refractivity contribution in [1.82, 2.24) is 14.7 Å². The number of aliphatic hydroxyl groups excluding tert-OH is 6. The van der Waals surface area contributed by atoms with Crippen molar-refractivity contribution < 1.29 is 107 Å². The molecule has 1 aliphatic carbocycles. The third kappa shape index (κ3) is 25.5. The average molecular weight is 1530 g/mol. The molecule has 0 bridgehead atoms. The van der Waals surface area contributed by atoms with E-state index >= 15 is 0 Å². The zero-order valence-corrected chi connectivity index (χ0v) is 60.8.